The van der Waals surface area contributed by atoms with Crippen LogP contribution in [0.15, 0.2) is 54.6 Å². The molecule has 3 aromatic rings. The molecule has 0 aliphatic carbocycles. The number of aromatic nitrogens is 1. The molecule has 0 atom stereocenters. The van der Waals surface area contributed by atoms with Crippen molar-refractivity contribution >= 4 is 22.7 Å². The largest absolute Gasteiger partial charge is 0.494 e. The van der Waals surface area contributed by atoms with Gasteiger partial charge in [-0.25, -0.2) is 4.79 Å². The molecule has 5 nitrogen and oxygen atoms in total. The molecule has 110 valence electrons. The summed E-state index contributed by atoms with van der Waals surface area (Å²) < 4.78 is 6.01. The molecule has 3 rings (SSSR count). The summed E-state index contributed by atoms with van der Waals surface area (Å²) in [6, 6.07) is 16.1. The van der Waals surface area contributed by atoms with Gasteiger partial charge in [-0.3, -0.25) is 9.36 Å². The van der Waals surface area contributed by atoms with Crippen LogP contribution in [0, 0.1) is 0 Å². The number of ketones is 1. The van der Waals surface area contributed by atoms with Crippen LogP contribution in [-0.2, 0) is 9.53 Å². The van der Waals surface area contributed by atoms with Gasteiger partial charge in [0.1, 0.15) is 0 Å². The monoisotopic (exact) mass is 295 g/mol. The summed E-state index contributed by atoms with van der Waals surface area (Å²) in [6.07, 6.45) is 0. The fraction of sp³-hybridized carbons (Fsp3) is 0.0588. The van der Waals surface area contributed by atoms with Gasteiger partial charge in [0, 0.05) is 11.1 Å². The zero-order valence-corrected chi connectivity index (χ0v) is 11.8. The number of ether oxygens (including phenoxy) is 1. The highest BCUT2D eigenvalue weighted by atomic mass is 16.5. The first-order valence-electron chi connectivity index (χ1n) is 6.65. The molecule has 22 heavy (non-hydrogen) atoms. The third-order valence-electron chi connectivity index (χ3n) is 3.46. The van der Waals surface area contributed by atoms with E-state index in [0.29, 0.717) is 16.6 Å². The third-order valence-corrected chi connectivity index (χ3v) is 3.46. The lowest BCUT2D eigenvalue weighted by molar-refractivity contribution is -0.135. The zero-order valence-electron chi connectivity index (χ0n) is 11.8. The van der Waals surface area contributed by atoms with Crippen molar-refractivity contribution in [2.45, 2.75) is 0 Å². The molecule has 0 saturated heterocycles. The van der Waals surface area contributed by atoms with E-state index >= 15 is 0 Å². The van der Waals surface area contributed by atoms with Crippen LogP contribution >= 0.6 is 0 Å². The summed E-state index contributed by atoms with van der Waals surface area (Å²) in [7, 11) is 1.13. The fourth-order valence-corrected chi connectivity index (χ4v) is 2.48. The Morgan fingerprint density at radius 3 is 2.32 bits per heavy atom. The number of aromatic hydroxyl groups is 1. The van der Waals surface area contributed by atoms with Crippen LogP contribution in [-0.4, -0.2) is 28.5 Å². The first-order valence-corrected chi connectivity index (χ1v) is 6.65. The minimum atomic E-state index is -1.01. The SMILES string of the molecule is COC(=O)C(=O)c1c(O)n(-c2ccccc2)c2ccccc12. The summed E-state index contributed by atoms with van der Waals surface area (Å²) in [4.78, 5) is 23.8. The number of benzene rings is 2. The van der Waals surface area contributed by atoms with Crippen molar-refractivity contribution in [2.24, 2.45) is 0 Å². The molecule has 1 heterocycles. The number of carbonyl (C=O) groups is 2. The van der Waals surface area contributed by atoms with Crippen molar-refractivity contribution in [2.75, 3.05) is 7.11 Å². The molecule has 1 aromatic heterocycles. The molecule has 0 saturated carbocycles. The molecular formula is C17H13NO4. The van der Waals surface area contributed by atoms with Crippen LogP contribution in [0.1, 0.15) is 10.4 Å². The quantitative estimate of drug-likeness (QED) is 0.458. The summed E-state index contributed by atoms with van der Waals surface area (Å²) in [5.74, 6) is -2.15. The number of methoxy groups -OCH3 is 1. The topological polar surface area (TPSA) is 68.5 Å². The standard InChI is InChI=1S/C17H13NO4/c1-22-17(21)15(19)14-12-9-5-6-10-13(12)18(16(14)20)11-7-3-2-4-8-11/h2-10,20H,1H3. The highest BCUT2D eigenvalue weighted by Crippen LogP contribution is 2.34. The predicted molar refractivity (Wildman–Crippen MR) is 81.3 cm³/mol. The zero-order chi connectivity index (χ0) is 15.7. The predicted octanol–water partition coefficient (Wildman–Crippen LogP) is 2.69. The second-order valence-corrected chi connectivity index (χ2v) is 4.71. The van der Waals surface area contributed by atoms with Crippen LogP contribution in [0.2, 0.25) is 0 Å². The van der Waals surface area contributed by atoms with E-state index in [1.54, 1.807) is 36.4 Å². The Morgan fingerprint density at radius 1 is 1.00 bits per heavy atom. The maximum Gasteiger partial charge on any atom is 0.379 e. The molecule has 0 radical (unpaired) electrons. The van der Waals surface area contributed by atoms with Crippen LogP contribution < -0.4 is 0 Å². The van der Waals surface area contributed by atoms with Crippen molar-refractivity contribution in [3.8, 4) is 11.6 Å². The minimum absolute atomic E-state index is 0.0497. The van der Waals surface area contributed by atoms with E-state index in [0.717, 1.165) is 7.11 Å². The molecule has 5 heteroatoms. The van der Waals surface area contributed by atoms with Gasteiger partial charge in [0.2, 0.25) is 5.88 Å². The second kappa shape index (κ2) is 5.37. The molecule has 0 aliphatic heterocycles. The summed E-state index contributed by atoms with van der Waals surface area (Å²) in [5, 5.41) is 11.0. The van der Waals surface area contributed by atoms with Crippen molar-refractivity contribution in [1.29, 1.82) is 0 Å². The lowest BCUT2D eigenvalue weighted by atomic mass is 10.1. The third kappa shape index (κ3) is 2.03. The van der Waals surface area contributed by atoms with Gasteiger partial charge in [0.25, 0.3) is 5.78 Å². The van der Waals surface area contributed by atoms with Crippen LogP contribution in [0.4, 0.5) is 0 Å². The number of rotatable bonds is 3. The maximum atomic E-state index is 12.2. The summed E-state index contributed by atoms with van der Waals surface area (Å²) in [5.41, 5.74) is 1.28. The molecule has 0 bridgehead atoms. The van der Waals surface area contributed by atoms with Crippen LogP contribution in [0.3, 0.4) is 0 Å². The fourth-order valence-electron chi connectivity index (χ4n) is 2.48. The smallest absolute Gasteiger partial charge is 0.379 e. The second-order valence-electron chi connectivity index (χ2n) is 4.71. The highest BCUT2D eigenvalue weighted by molar-refractivity contribution is 6.43. The summed E-state index contributed by atoms with van der Waals surface area (Å²) in [6.45, 7) is 0. The normalized spacial score (nSPS) is 10.6. The molecule has 0 fully saturated rings. The molecule has 0 amide bonds. The molecule has 0 spiro atoms. The van der Waals surface area contributed by atoms with Gasteiger partial charge in [-0.1, -0.05) is 36.4 Å². The van der Waals surface area contributed by atoms with E-state index in [1.165, 1.54) is 4.57 Å². The Kier molecular flexibility index (Phi) is 3.39. The first-order chi connectivity index (χ1) is 10.6. The van der Waals surface area contributed by atoms with Crippen molar-refractivity contribution in [1.82, 2.24) is 4.57 Å². The highest BCUT2D eigenvalue weighted by Gasteiger charge is 2.28. The maximum absolute atomic E-state index is 12.2. The van der Waals surface area contributed by atoms with Crippen molar-refractivity contribution in [3.63, 3.8) is 0 Å². The molecular weight excluding hydrogens is 282 g/mol. The van der Waals surface area contributed by atoms with E-state index in [-0.39, 0.29) is 11.4 Å². The average molecular weight is 295 g/mol. The lowest BCUT2D eigenvalue weighted by Gasteiger charge is -2.06. The first kappa shape index (κ1) is 13.9. The number of Topliss-reactive ketones (excluding diaryl/α,β-unsaturated/α-hetero) is 1. The Labute approximate surface area is 126 Å². The molecule has 0 aliphatic rings. The molecule has 0 unspecified atom stereocenters. The van der Waals surface area contributed by atoms with Gasteiger partial charge in [-0.15, -0.1) is 0 Å². The van der Waals surface area contributed by atoms with Gasteiger partial charge >= 0.3 is 5.97 Å². The Morgan fingerprint density at radius 2 is 1.64 bits per heavy atom. The summed E-state index contributed by atoms with van der Waals surface area (Å²) >= 11 is 0. The number of nitrogens with zero attached hydrogens (tertiary/aromatic N) is 1. The number of hydrogen-bond acceptors (Lipinski definition) is 4. The number of carbonyl (C=O) groups excluding carboxylic acids is 2. The van der Waals surface area contributed by atoms with Gasteiger partial charge < -0.3 is 9.84 Å². The van der Waals surface area contributed by atoms with E-state index in [2.05, 4.69) is 4.74 Å². The van der Waals surface area contributed by atoms with E-state index < -0.39 is 11.8 Å². The van der Waals surface area contributed by atoms with E-state index in [9.17, 15) is 14.7 Å². The van der Waals surface area contributed by atoms with Gasteiger partial charge in [0.05, 0.1) is 18.2 Å². The van der Waals surface area contributed by atoms with Gasteiger partial charge in [-0.2, -0.15) is 0 Å². The number of esters is 1. The Balaban J connectivity index is 2.34. The molecule has 2 aromatic carbocycles. The number of hydrogen-bond donors (Lipinski definition) is 1. The van der Waals surface area contributed by atoms with Gasteiger partial charge in [-0.05, 0) is 18.2 Å². The van der Waals surface area contributed by atoms with E-state index in [1.807, 2.05) is 18.2 Å². The van der Waals surface area contributed by atoms with Crippen LogP contribution in [0.25, 0.3) is 16.6 Å². The number of fused-ring (bicyclic) bond motifs is 1. The Bertz CT molecular complexity index is 865. The average Bonchev–Trinajstić information content (AvgIpc) is 2.86. The van der Waals surface area contributed by atoms with Crippen molar-refractivity contribution in [3.05, 3.63) is 60.2 Å². The molecule has 1 N–H and O–H groups in total. The van der Waals surface area contributed by atoms with Gasteiger partial charge in [0.15, 0.2) is 0 Å². The minimum Gasteiger partial charge on any atom is -0.494 e. The Hall–Kier alpha value is -3.08. The lowest BCUT2D eigenvalue weighted by Crippen LogP contribution is -2.15. The van der Waals surface area contributed by atoms with Crippen molar-refractivity contribution < 1.29 is 19.4 Å². The van der Waals surface area contributed by atoms with Crippen LogP contribution in [0.5, 0.6) is 5.88 Å². The van der Waals surface area contributed by atoms with E-state index in [4.69, 9.17) is 0 Å². The number of para-hydroxylation sites is 2.